The summed E-state index contributed by atoms with van der Waals surface area (Å²) in [6.45, 7) is 0. The first kappa shape index (κ1) is 6.34. The molecule has 0 amide bonds. The number of carbonyl (C=O) groups excluding carboxylic acids is 1. The molecular weight excluding hydrogens is 130 g/mol. The fourth-order valence-electron chi connectivity index (χ4n) is 0.456. The van der Waals surface area contributed by atoms with Crippen LogP contribution in [0.25, 0.3) is 0 Å². The van der Waals surface area contributed by atoms with Gasteiger partial charge in [0.2, 0.25) is 6.08 Å². The van der Waals surface area contributed by atoms with Crippen molar-refractivity contribution in [3.05, 3.63) is 24.2 Å². The zero-order chi connectivity index (χ0) is 7.23. The second kappa shape index (κ2) is 3.29. The van der Waals surface area contributed by atoms with Crippen molar-refractivity contribution in [1.82, 2.24) is 0 Å². The topological polar surface area (TPSA) is 42.6 Å². The molecule has 0 aliphatic rings. The zero-order valence-corrected chi connectivity index (χ0v) is 5.00. The number of isocyanates is 1. The Labute approximate surface area is 57.4 Å². The molecule has 0 saturated heterocycles. The Morgan fingerprint density at radius 1 is 1.60 bits per heavy atom. The van der Waals surface area contributed by atoms with Gasteiger partial charge in [0.15, 0.2) is 5.76 Å². The summed E-state index contributed by atoms with van der Waals surface area (Å²) in [6.07, 6.45) is 2.78. The summed E-state index contributed by atoms with van der Waals surface area (Å²) < 4.78 is 4.82. The van der Waals surface area contributed by atoms with Crippen molar-refractivity contribution in [3.63, 3.8) is 0 Å². The van der Waals surface area contributed by atoms with Crippen LogP contribution in [0.2, 0.25) is 0 Å². The molecule has 3 heteroatoms. The molecule has 1 heterocycles. The number of furan rings is 1. The molecule has 1 aromatic rings. The molecule has 0 fully saturated rings. The van der Waals surface area contributed by atoms with Crippen molar-refractivity contribution in [2.45, 2.75) is 0 Å². The van der Waals surface area contributed by atoms with Crippen LogP contribution in [0.1, 0.15) is 5.76 Å². The highest BCUT2D eigenvalue weighted by atomic mass is 16.3. The average Bonchev–Trinajstić information content (AvgIpc) is 2.41. The number of nitrogens with zero attached hydrogens (tertiary/aromatic N) is 1. The van der Waals surface area contributed by atoms with E-state index in [2.05, 4.69) is 17.0 Å². The maximum absolute atomic E-state index is 9.51. The van der Waals surface area contributed by atoms with E-state index in [0.717, 1.165) is 0 Å². The second-order valence-electron chi connectivity index (χ2n) is 1.42. The van der Waals surface area contributed by atoms with Gasteiger partial charge in [0, 0.05) is 0 Å². The van der Waals surface area contributed by atoms with Gasteiger partial charge < -0.3 is 4.42 Å². The maximum atomic E-state index is 9.51. The summed E-state index contributed by atoms with van der Waals surface area (Å²) in [5, 5.41) is 0. The maximum Gasteiger partial charge on any atom is 0.249 e. The van der Waals surface area contributed by atoms with Gasteiger partial charge in [0.05, 0.1) is 12.3 Å². The molecule has 3 nitrogen and oxygen atoms in total. The predicted molar refractivity (Wildman–Crippen MR) is 33.7 cm³/mol. The number of hydrogen-bond donors (Lipinski definition) is 0. The first-order valence-electron chi connectivity index (χ1n) is 2.55. The van der Waals surface area contributed by atoms with E-state index in [4.69, 9.17) is 4.42 Å². The van der Waals surface area contributed by atoms with Crippen LogP contribution in [-0.4, -0.2) is 6.08 Å². The third-order valence-electron chi connectivity index (χ3n) is 0.802. The van der Waals surface area contributed by atoms with Crippen molar-refractivity contribution in [2.75, 3.05) is 0 Å². The highest BCUT2D eigenvalue weighted by Crippen LogP contribution is 1.95. The first-order valence-corrected chi connectivity index (χ1v) is 2.55. The minimum absolute atomic E-state index is 0.485. The molecule has 0 atom stereocenters. The van der Waals surface area contributed by atoms with E-state index in [-0.39, 0.29) is 0 Å². The molecule has 0 spiro atoms. The van der Waals surface area contributed by atoms with E-state index in [1.807, 2.05) is 0 Å². The van der Waals surface area contributed by atoms with Gasteiger partial charge >= 0.3 is 0 Å². The lowest BCUT2D eigenvalue weighted by Crippen LogP contribution is -1.60. The van der Waals surface area contributed by atoms with E-state index in [0.29, 0.717) is 5.76 Å². The molecule has 0 radical (unpaired) electrons. The number of rotatable bonds is 0. The minimum Gasteiger partial charge on any atom is -0.456 e. The van der Waals surface area contributed by atoms with Crippen LogP contribution in [0.15, 0.2) is 27.8 Å². The highest BCUT2D eigenvalue weighted by Gasteiger charge is 1.83. The minimum atomic E-state index is 0.485. The molecule has 10 heavy (non-hydrogen) atoms. The van der Waals surface area contributed by atoms with Gasteiger partial charge in [-0.25, -0.2) is 4.79 Å². The van der Waals surface area contributed by atoms with Gasteiger partial charge in [-0.05, 0) is 18.1 Å². The Balaban J connectivity index is 2.75. The molecule has 1 aromatic heterocycles. The Bertz CT molecular complexity index is 296. The third kappa shape index (κ3) is 1.62. The fraction of sp³-hybridized carbons (Fsp3) is 0. The quantitative estimate of drug-likeness (QED) is 0.300. The summed E-state index contributed by atoms with van der Waals surface area (Å²) in [7, 11) is 0. The van der Waals surface area contributed by atoms with Gasteiger partial charge in [0.1, 0.15) is 0 Å². The average molecular weight is 133 g/mol. The van der Waals surface area contributed by atoms with Crippen LogP contribution in [0, 0.1) is 12.0 Å². The van der Waals surface area contributed by atoms with E-state index >= 15 is 0 Å². The highest BCUT2D eigenvalue weighted by molar-refractivity contribution is 5.37. The molecule has 0 saturated carbocycles. The molecule has 0 bridgehead atoms. The summed E-state index contributed by atoms with van der Waals surface area (Å²) in [4.78, 5) is 12.5. The largest absolute Gasteiger partial charge is 0.456 e. The standard InChI is InChI=1S/C7H3NO2/c9-6-8-4-3-7-2-1-5-10-7/h1-2,5H. The van der Waals surface area contributed by atoms with Gasteiger partial charge in [-0.2, -0.15) is 0 Å². The Morgan fingerprint density at radius 2 is 2.50 bits per heavy atom. The molecule has 0 N–H and O–H groups in total. The third-order valence-corrected chi connectivity index (χ3v) is 0.802. The molecule has 48 valence electrons. The number of aliphatic imine (C=N–C) groups is 1. The molecular formula is C7H3NO2. The van der Waals surface area contributed by atoms with Gasteiger partial charge in [-0.15, -0.1) is 4.99 Å². The van der Waals surface area contributed by atoms with Crippen molar-refractivity contribution in [1.29, 1.82) is 0 Å². The monoisotopic (exact) mass is 133 g/mol. The number of hydrogen-bond acceptors (Lipinski definition) is 3. The van der Waals surface area contributed by atoms with Gasteiger partial charge in [-0.3, -0.25) is 0 Å². The fourth-order valence-corrected chi connectivity index (χ4v) is 0.456. The normalized spacial score (nSPS) is 7.20. The summed E-state index contributed by atoms with van der Waals surface area (Å²) in [5.74, 6) is 2.96. The smallest absolute Gasteiger partial charge is 0.249 e. The molecule has 0 aromatic carbocycles. The lowest BCUT2D eigenvalue weighted by Gasteiger charge is -1.71. The van der Waals surface area contributed by atoms with Crippen molar-refractivity contribution in [3.8, 4) is 12.0 Å². The summed E-state index contributed by atoms with van der Waals surface area (Å²) in [6, 6.07) is 5.57. The predicted octanol–water partition coefficient (Wildman–Crippen LogP) is 0.924. The van der Waals surface area contributed by atoms with Crippen molar-refractivity contribution in [2.24, 2.45) is 4.99 Å². The summed E-state index contributed by atoms with van der Waals surface area (Å²) >= 11 is 0. The van der Waals surface area contributed by atoms with Gasteiger partial charge in [0.25, 0.3) is 0 Å². The van der Waals surface area contributed by atoms with Crippen LogP contribution >= 0.6 is 0 Å². The van der Waals surface area contributed by atoms with Crippen LogP contribution < -0.4 is 0 Å². The molecule has 1 rings (SSSR count). The lowest BCUT2D eigenvalue weighted by molar-refractivity contribution is 0.554. The first-order chi connectivity index (χ1) is 4.93. The van der Waals surface area contributed by atoms with E-state index < -0.39 is 0 Å². The van der Waals surface area contributed by atoms with Crippen LogP contribution in [-0.2, 0) is 4.79 Å². The molecule has 0 aliphatic carbocycles. The Hall–Kier alpha value is -1.78. The van der Waals surface area contributed by atoms with Crippen molar-refractivity contribution >= 4 is 6.08 Å². The Morgan fingerprint density at radius 3 is 3.10 bits per heavy atom. The summed E-state index contributed by atoms with van der Waals surface area (Å²) in [5.41, 5.74) is 0. The molecule has 0 unspecified atom stereocenters. The van der Waals surface area contributed by atoms with Crippen molar-refractivity contribution < 1.29 is 9.21 Å². The second-order valence-corrected chi connectivity index (χ2v) is 1.42. The van der Waals surface area contributed by atoms with E-state index in [9.17, 15) is 4.79 Å². The SMILES string of the molecule is O=C=NC#Cc1ccco1. The van der Waals surface area contributed by atoms with E-state index in [1.54, 1.807) is 12.1 Å². The zero-order valence-electron chi connectivity index (χ0n) is 5.00. The van der Waals surface area contributed by atoms with E-state index in [1.165, 1.54) is 12.3 Å². The van der Waals surface area contributed by atoms with Crippen LogP contribution in [0.5, 0.6) is 0 Å². The van der Waals surface area contributed by atoms with Gasteiger partial charge in [-0.1, -0.05) is 0 Å². The molecule has 0 aliphatic heterocycles. The lowest BCUT2D eigenvalue weighted by atomic mass is 10.5. The van der Waals surface area contributed by atoms with Crippen LogP contribution in [0.4, 0.5) is 0 Å². The Kier molecular flexibility index (Phi) is 2.08. The van der Waals surface area contributed by atoms with Crippen LogP contribution in [0.3, 0.4) is 0 Å².